The quantitative estimate of drug-likeness (QED) is 0.334. The molecule has 1 N–H and O–H groups in total. The minimum absolute atomic E-state index is 0.238. The number of benzene rings is 1. The Hall–Kier alpha value is -2.43. The molecule has 3 nitrogen and oxygen atoms in total. The van der Waals surface area contributed by atoms with Gasteiger partial charge in [0.2, 0.25) is 0 Å². The molecular formula is C23H17ClN2OS3. The van der Waals surface area contributed by atoms with Crippen LogP contribution in [0.15, 0.2) is 60.1 Å². The van der Waals surface area contributed by atoms with Gasteiger partial charge < -0.3 is 5.32 Å². The third kappa shape index (κ3) is 4.82. The van der Waals surface area contributed by atoms with Crippen LogP contribution in [0.2, 0.25) is 5.02 Å². The van der Waals surface area contributed by atoms with Crippen molar-refractivity contribution in [3.63, 3.8) is 0 Å². The van der Waals surface area contributed by atoms with E-state index in [1.165, 1.54) is 4.88 Å². The summed E-state index contributed by atoms with van der Waals surface area (Å²) in [7, 11) is 0. The molecule has 0 aliphatic rings. The number of halogens is 1. The minimum Gasteiger partial charge on any atom is -0.336 e. The third-order valence-corrected chi connectivity index (χ3v) is 7.69. The highest BCUT2D eigenvalue weighted by Gasteiger charge is 2.20. The van der Waals surface area contributed by atoms with Gasteiger partial charge in [0.05, 0.1) is 30.8 Å². The number of amides is 1. The van der Waals surface area contributed by atoms with E-state index >= 15 is 0 Å². The van der Waals surface area contributed by atoms with Crippen LogP contribution in [0, 0.1) is 11.8 Å². The van der Waals surface area contributed by atoms with E-state index < -0.39 is 5.54 Å². The summed E-state index contributed by atoms with van der Waals surface area (Å²) in [5, 5.41) is 6.46. The average Bonchev–Trinajstić information content (AvgIpc) is 3.47. The lowest BCUT2D eigenvalue weighted by Crippen LogP contribution is -2.42. The number of hydrogen-bond acceptors (Lipinski definition) is 5. The van der Waals surface area contributed by atoms with E-state index in [2.05, 4.69) is 39.7 Å². The van der Waals surface area contributed by atoms with Crippen LogP contribution in [0.25, 0.3) is 19.6 Å². The van der Waals surface area contributed by atoms with Crippen LogP contribution in [0.4, 0.5) is 0 Å². The highest BCUT2D eigenvalue weighted by molar-refractivity contribution is 7.25. The Bertz CT molecular complexity index is 1240. The zero-order chi connectivity index (χ0) is 21.1. The van der Waals surface area contributed by atoms with Crippen LogP contribution in [0.3, 0.4) is 0 Å². The van der Waals surface area contributed by atoms with Gasteiger partial charge in [-0.3, -0.25) is 4.79 Å². The van der Waals surface area contributed by atoms with Crippen molar-refractivity contribution in [2.24, 2.45) is 0 Å². The summed E-state index contributed by atoms with van der Waals surface area (Å²) in [6.45, 7) is 3.75. The Labute approximate surface area is 192 Å². The number of carbonyl (C=O) groups excluding carboxylic acids is 1. The van der Waals surface area contributed by atoms with E-state index in [4.69, 9.17) is 11.6 Å². The van der Waals surface area contributed by atoms with Crippen LogP contribution < -0.4 is 5.32 Å². The van der Waals surface area contributed by atoms with E-state index in [-0.39, 0.29) is 5.91 Å². The predicted octanol–water partition coefficient (Wildman–Crippen LogP) is 6.81. The van der Waals surface area contributed by atoms with Crippen molar-refractivity contribution in [1.29, 1.82) is 0 Å². The van der Waals surface area contributed by atoms with Crippen molar-refractivity contribution in [2.45, 2.75) is 19.4 Å². The van der Waals surface area contributed by atoms with Crippen molar-refractivity contribution in [3.05, 3.63) is 75.6 Å². The highest BCUT2D eigenvalue weighted by Crippen LogP contribution is 2.37. The average molecular weight is 469 g/mol. The second-order valence-corrected chi connectivity index (χ2v) is 10.4. The third-order valence-electron chi connectivity index (χ3n) is 4.13. The summed E-state index contributed by atoms with van der Waals surface area (Å²) in [4.78, 5) is 21.4. The Morgan fingerprint density at radius 2 is 1.87 bits per heavy atom. The van der Waals surface area contributed by atoms with Crippen LogP contribution in [0.1, 0.15) is 29.1 Å². The fourth-order valence-electron chi connectivity index (χ4n) is 2.69. The van der Waals surface area contributed by atoms with E-state index in [0.717, 1.165) is 19.6 Å². The van der Waals surface area contributed by atoms with E-state index in [1.807, 2.05) is 32.2 Å². The molecule has 1 amide bonds. The highest BCUT2D eigenvalue weighted by atomic mass is 35.5. The molecule has 4 rings (SSSR count). The van der Waals surface area contributed by atoms with Gasteiger partial charge in [-0.05, 0) is 49.6 Å². The van der Waals surface area contributed by atoms with Gasteiger partial charge in [-0.25, -0.2) is 4.98 Å². The van der Waals surface area contributed by atoms with Gasteiger partial charge in [0.15, 0.2) is 0 Å². The molecule has 0 bridgehead atoms. The van der Waals surface area contributed by atoms with Crippen LogP contribution in [-0.4, -0.2) is 16.4 Å². The number of thiophene rings is 2. The maximum Gasteiger partial charge on any atom is 0.253 e. The van der Waals surface area contributed by atoms with Crippen molar-refractivity contribution >= 4 is 51.5 Å². The van der Waals surface area contributed by atoms with Crippen LogP contribution >= 0.6 is 45.6 Å². The molecule has 0 radical (unpaired) electrons. The van der Waals surface area contributed by atoms with Crippen LogP contribution in [-0.2, 0) is 0 Å². The van der Waals surface area contributed by atoms with Gasteiger partial charge in [0, 0.05) is 11.1 Å². The number of nitrogens with one attached hydrogen (secondary N) is 1. The first-order valence-electron chi connectivity index (χ1n) is 9.11. The van der Waals surface area contributed by atoms with Gasteiger partial charge >= 0.3 is 0 Å². The maximum absolute atomic E-state index is 12.5. The first-order chi connectivity index (χ1) is 14.4. The van der Waals surface area contributed by atoms with Gasteiger partial charge in [-0.15, -0.1) is 34.0 Å². The number of hydrogen-bond donors (Lipinski definition) is 1. The van der Waals surface area contributed by atoms with E-state index in [1.54, 1.807) is 58.3 Å². The van der Waals surface area contributed by atoms with Gasteiger partial charge in [0.25, 0.3) is 5.91 Å². The number of carbonyl (C=O) groups is 1. The molecule has 0 aliphatic carbocycles. The second-order valence-electron chi connectivity index (χ2n) is 6.98. The maximum atomic E-state index is 12.5. The zero-order valence-electron chi connectivity index (χ0n) is 16.2. The van der Waals surface area contributed by atoms with E-state index in [0.29, 0.717) is 10.6 Å². The summed E-state index contributed by atoms with van der Waals surface area (Å²) < 4.78 is 0. The number of aromatic nitrogens is 1. The second kappa shape index (κ2) is 8.75. The molecule has 0 unspecified atom stereocenters. The van der Waals surface area contributed by atoms with Gasteiger partial charge in [-0.2, -0.15) is 0 Å². The summed E-state index contributed by atoms with van der Waals surface area (Å²) in [6.07, 6.45) is 1.91. The molecule has 0 aliphatic heterocycles. The molecule has 0 spiro atoms. The lowest BCUT2D eigenvalue weighted by Gasteiger charge is -2.20. The van der Waals surface area contributed by atoms with Gasteiger partial charge in [-0.1, -0.05) is 41.6 Å². The molecule has 7 heteroatoms. The Kier molecular flexibility index (Phi) is 6.07. The summed E-state index contributed by atoms with van der Waals surface area (Å²) in [5.41, 5.74) is -0.253. The molecule has 3 heterocycles. The predicted molar refractivity (Wildman–Crippen MR) is 129 cm³/mol. The molecule has 0 saturated carbocycles. The molecule has 0 atom stereocenters. The molecule has 30 heavy (non-hydrogen) atoms. The molecular weight excluding hydrogens is 452 g/mol. The largest absolute Gasteiger partial charge is 0.336 e. The number of rotatable bonds is 4. The smallest absolute Gasteiger partial charge is 0.253 e. The Balaban J connectivity index is 1.47. The number of thiazole rings is 1. The number of nitrogens with zero attached hydrogens (tertiary/aromatic N) is 1. The van der Waals surface area contributed by atoms with Crippen molar-refractivity contribution in [3.8, 4) is 31.5 Å². The molecule has 4 aromatic rings. The molecule has 3 aromatic heterocycles. The van der Waals surface area contributed by atoms with Crippen molar-refractivity contribution in [1.82, 2.24) is 10.3 Å². The molecule has 1 aromatic carbocycles. The monoisotopic (exact) mass is 468 g/mol. The lowest BCUT2D eigenvalue weighted by molar-refractivity contribution is 0.0930. The fourth-order valence-corrected chi connectivity index (χ4v) is 5.56. The summed E-state index contributed by atoms with van der Waals surface area (Å²) >= 11 is 11.1. The van der Waals surface area contributed by atoms with Crippen molar-refractivity contribution in [2.75, 3.05) is 0 Å². The first kappa shape index (κ1) is 20.8. The Morgan fingerprint density at radius 3 is 2.63 bits per heavy atom. The van der Waals surface area contributed by atoms with Gasteiger partial charge in [0.1, 0.15) is 5.01 Å². The standard InChI is InChI=1S/C23H17ClN2OS3/c1-23(2,26-21(27)16-6-3-4-7-17(16)24)12-11-15-9-10-18(29-15)20-14-25-22(30-20)19-8-5-13-28-19/h3-10,13-14H,1-2H3,(H,26,27). The molecule has 150 valence electrons. The molecule has 0 saturated heterocycles. The van der Waals surface area contributed by atoms with Crippen molar-refractivity contribution < 1.29 is 4.79 Å². The SMILES string of the molecule is CC(C)(C#Cc1ccc(-c2cnc(-c3cccs3)s2)s1)NC(=O)c1ccccc1Cl. The topological polar surface area (TPSA) is 42.0 Å². The molecule has 0 fully saturated rings. The fraction of sp³-hybridized carbons (Fsp3) is 0.130. The first-order valence-corrected chi connectivity index (χ1v) is 12.0. The summed E-state index contributed by atoms with van der Waals surface area (Å²) in [6, 6.07) is 15.2. The summed E-state index contributed by atoms with van der Waals surface area (Å²) in [5.74, 6) is 6.11. The lowest BCUT2D eigenvalue weighted by atomic mass is 10.1. The normalized spacial score (nSPS) is 11.0. The van der Waals surface area contributed by atoms with E-state index in [9.17, 15) is 4.79 Å². The zero-order valence-corrected chi connectivity index (χ0v) is 19.4. The Morgan fingerprint density at radius 1 is 1.03 bits per heavy atom. The minimum atomic E-state index is -0.697. The van der Waals surface area contributed by atoms with Crippen LogP contribution in [0.5, 0.6) is 0 Å².